The number of benzene rings is 3. The van der Waals surface area contributed by atoms with E-state index >= 15 is 0 Å². The maximum atomic E-state index is 13.5. The molecule has 0 spiro atoms. The number of hydrogen-bond acceptors (Lipinski definition) is 3. The lowest BCUT2D eigenvalue weighted by Crippen LogP contribution is -2.35. The summed E-state index contributed by atoms with van der Waals surface area (Å²) in [5.41, 5.74) is 3.31. The van der Waals surface area contributed by atoms with Gasteiger partial charge in [0.15, 0.2) is 0 Å². The van der Waals surface area contributed by atoms with Crippen LogP contribution in [0.4, 0.5) is 24.5 Å². The average molecular weight is 552 g/mol. The van der Waals surface area contributed by atoms with Crippen LogP contribution in [0.25, 0.3) is 0 Å². The Labute approximate surface area is 236 Å². The highest BCUT2D eigenvalue weighted by Gasteiger charge is 2.30. The molecule has 0 saturated carbocycles. The van der Waals surface area contributed by atoms with Gasteiger partial charge in [-0.25, -0.2) is 0 Å². The zero-order valence-electron chi connectivity index (χ0n) is 23.4. The van der Waals surface area contributed by atoms with Gasteiger partial charge in [0, 0.05) is 57.6 Å². The number of carbonyl (C=O) groups is 1. The third kappa shape index (κ3) is 8.51. The van der Waals surface area contributed by atoms with Gasteiger partial charge in [0.25, 0.3) is 0 Å². The molecule has 0 saturated heterocycles. The molecule has 0 bridgehead atoms. The number of anilines is 2. The number of rotatable bonds is 6. The highest BCUT2D eigenvalue weighted by atomic mass is 19.4. The van der Waals surface area contributed by atoms with Gasteiger partial charge in [0.1, 0.15) is 0 Å². The Kier molecular flexibility index (Phi) is 10.5. The van der Waals surface area contributed by atoms with Crippen molar-refractivity contribution in [2.24, 2.45) is 0 Å². The van der Waals surface area contributed by atoms with E-state index in [1.807, 2.05) is 17.0 Å². The van der Waals surface area contributed by atoms with Crippen LogP contribution in [0, 0.1) is 0 Å². The topological polar surface area (TPSA) is 26.8 Å². The monoisotopic (exact) mass is 551 g/mol. The van der Waals surface area contributed by atoms with E-state index in [1.54, 1.807) is 18.0 Å². The highest BCUT2D eigenvalue weighted by molar-refractivity contribution is 5.77. The summed E-state index contributed by atoms with van der Waals surface area (Å²) >= 11 is 0. The third-order valence-electron chi connectivity index (χ3n) is 7.64. The minimum absolute atomic E-state index is 0.0260. The van der Waals surface area contributed by atoms with Crippen molar-refractivity contribution in [3.8, 4) is 0 Å². The van der Waals surface area contributed by atoms with Gasteiger partial charge in [-0.2, -0.15) is 13.2 Å². The Bertz CT molecular complexity index is 1210. The fourth-order valence-corrected chi connectivity index (χ4v) is 5.32. The molecule has 4 rings (SSSR count). The van der Waals surface area contributed by atoms with Crippen molar-refractivity contribution < 1.29 is 18.0 Å². The van der Waals surface area contributed by atoms with Crippen molar-refractivity contribution in [2.45, 2.75) is 64.2 Å². The van der Waals surface area contributed by atoms with E-state index in [0.717, 1.165) is 62.2 Å². The quantitative estimate of drug-likeness (QED) is 0.311. The van der Waals surface area contributed by atoms with E-state index in [0.29, 0.717) is 25.3 Å². The van der Waals surface area contributed by atoms with Crippen LogP contribution in [-0.2, 0) is 24.1 Å². The number of para-hydroxylation sites is 1. The van der Waals surface area contributed by atoms with Gasteiger partial charge >= 0.3 is 6.18 Å². The lowest BCUT2D eigenvalue weighted by molar-refractivity contribution is -0.137. The fourth-order valence-electron chi connectivity index (χ4n) is 5.32. The van der Waals surface area contributed by atoms with E-state index in [4.69, 9.17) is 0 Å². The second kappa shape index (κ2) is 14.2. The van der Waals surface area contributed by atoms with Crippen molar-refractivity contribution in [2.75, 3.05) is 36.5 Å². The van der Waals surface area contributed by atoms with E-state index in [-0.39, 0.29) is 12.3 Å². The van der Waals surface area contributed by atoms with Crippen molar-refractivity contribution >= 4 is 17.3 Å². The molecular weight excluding hydrogens is 511 g/mol. The van der Waals surface area contributed by atoms with E-state index < -0.39 is 11.7 Å². The molecule has 0 fully saturated rings. The summed E-state index contributed by atoms with van der Waals surface area (Å²) in [6.45, 7) is 3.32. The predicted molar refractivity (Wildman–Crippen MR) is 156 cm³/mol. The lowest BCUT2D eigenvalue weighted by atomic mass is 10.1. The van der Waals surface area contributed by atoms with Crippen LogP contribution in [0.5, 0.6) is 0 Å². The van der Waals surface area contributed by atoms with Crippen molar-refractivity contribution in [3.05, 3.63) is 95.6 Å². The number of nitrogens with zero attached hydrogens (tertiary/aromatic N) is 3. The zero-order chi connectivity index (χ0) is 28.4. The van der Waals surface area contributed by atoms with Gasteiger partial charge in [0.05, 0.1) is 5.56 Å². The van der Waals surface area contributed by atoms with Crippen LogP contribution in [0.3, 0.4) is 0 Å². The van der Waals surface area contributed by atoms with E-state index in [1.165, 1.54) is 24.5 Å². The molecule has 0 atom stereocenters. The van der Waals surface area contributed by atoms with Crippen LogP contribution in [0.15, 0.2) is 78.9 Å². The minimum atomic E-state index is -4.40. The molecule has 1 aliphatic rings. The molecular formula is C33H40F3N3O. The van der Waals surface area contributed by atoms with Crippen LogP contribution in [-0.4, -0.2) is 37.5 Å². The summed E-state index contributed by atoms with van der Waals surface area (Å²) in [6, 6.07) is 24.1. The van der Waals surface area contributed by atoms with Crippen molar-refractivity contribution in [1.29, 1.82) is 0 Å². The second-order valence-corrected chi connectivity index (χ2v) is 10.7. The second-order valence-electron chi connectivity index (χ2n) is 10.7. The number of hydrogen-bond donors (Lipinski definition) is 0. The molecule has 0 N–H and O–H groups in total. The fraction of sp³-hybridized carbons (Fsp3) is 0.424. The number of amides is 1. The standard InChI is InChI=1S/C33H40F3N3O/c1-37(30-18-13-17-29(24-30)33(34,35)36)23-20-32(40)39-22-12-5-3-2-4-11-21-38(25-27-14-7-6-8-15-27)31-19-10-9-16-28(31)26-39/h6-10,13-19,24H,2-5,11-12,20-23,25-26H2,1H3. The van der Waals surface area contributed by atoms with Crippen molar-refractivity contribution in [3.63, 3.8) is 0 Å². The molecule has 0 aromatic heterocycles. The Morgan fingerprint density at radius 3 is 2.25 bits per heavy atom. The molecule has 1 heterocycles. The molecule has 1 aliphatic heterocycles. The Morgan fingerprint density at radius 1 is 0.825 bits per heavy atom. The largest absolute Gasteiger partial charge is 0.416 e. The van der Waals surface area contributed by atoms with Crippen LogP contribution in [0.2, 0.25) is 0 Å². The summed E-state index contributed by atoms with van der Waals surface area (Å²) in [6.07, 6.45) is 2.55. The van der Waals surface area contributed by atoms with Gasteiger partial charge in [-0.1, -0.05) is 80.3 Å². The summed E-state index contributed by atoms with van der Waals surface area (Å²) in [7, 11) is 1.74. The molecule has 4 nitrogen and oxygen atoms in total. The summed E-state index contributed by atoms with van der Waals surface area (Å²) in [4.78, 5) is 19.6. The minimum Gasteiger partial charge on any atom is -0.374 e. The lowest BCUT2D eigenvalue weighted by Gasteiger charge is -2.30. The number of fused-ring (bicyclic) bond motifs is 1. The van der Waals surface area contributed by atoms with Gasteiger partial charge in [0.2, 0.25) is 5.91 Å². The first-order chi connectivity index (χ1) is 19.3. The molecule has 0 radical (unpaired) electrons. The molecule has 1 amide bonds. The molecule has 214 valence electrons. The Morgan fingerprint density at radius 2 is 1.50 bits per heavy atom. The van der Waals surface area contributed by atoms with Crippen molar-refractivity contribution in [1.82, 2.24) is 4.90 Å². The maximum Gasteiger partial charge on any atom is 0.416 e. The Hall–Kier alpha value is -3.48. The van der Waals surface area contributed by atoms with Gasteiger partial charge in [-0.05, 0) is 48.2 Å². The van der Waals surface area contributed by atoms with E-state index in [9.17, 15) is 18.0 Å². The summed E-state index contributed by atoms with van der Waals surface area (Å²) in [5, 5.41) is 0. The molecule has 3 aromatic carbocycles. The highest BCUT2D eigenvalue weighted by Crippen LogP contribution is 2.31. The van der Waals surface area contributed by atoms with Crippen LogP contribution in [0.1, 0.15) is 61.6 Å². The smallest absolute Gasteiger partial charge is 0.374 e. The van der Waals surface area contributed by atoms with E-state index in [2.05, 4.69) is 47.4 Å². The predicted octanol–water partition coefficient (Wildman–Crippen LogP) is 7.92. The first-order valence-corrected chi connectivity index (χ1v) is 14.3. The SMILES string of the molecule is CN(CCC(=O)N1CCCCCCCCN(Cc2ccccc2)c2ccccc2C1)c1cccc(C(F)(F)F)c1. The molecule has 7 heteroatoms. The average Bonchev–Trinajstić information content (AvgIpc) is 2.97. The van der Waals surface area contributed by atoms with Crippen LogP contribution < -0.4 is 9.80 Å². The first kappa shape index (κ1) is 29.5. The van der Waals surface area contributed by atoms with Gasteiger partial charge in [-0.15, -0.1) is 0 Å². The van der Waals surface area contributed by atoms with Gasteiger partial charge in [-0.3, -0.25) is 4.79 Å². The Balaban J connectivity index is 1.50. The molecule has 40 heavy (non-hydrogen) atoms. The molecule has 3 aromatic rings. The molecule has 0 aliphatic carbocycles. The maximum absolute atomic E-state index is 13.5. The number of carbonyl (C=O) groups excluding carboxylic acids is 1. The summed E-state index contributed by atoms with van der Waals surface area (Å²) in [5.74, 6) is 0.0260. The van der Waals surface area contributed by atoms with Crippen LogP contribution >= 0.6 is 0 Å². The first-order valence-electron chi connectivity index (χ1n) is 14.3. The third-order valence-corrected chi connectivity index (χ3v) is 7.64. The summed E-state index contributed by atoms with van der Waals surface area (Å²) < 4.78 is 39.6. The normalized spacial score (nSPS) is 15.4. The zero-order valence-corrected chi connectivity index (χ0v) is 23.4. The number of alkyl halides is 3. The molecule has 0 unspecified atom stereocenters. The number of halogens is 3. The van der Waals surface area contributed by atoms with Gasteiger partial charge < -0.3 is 14.7 Å².